The Morgan fingerprint density at radius 1 is 1.47 bits per heavy atom. The van der Waals surface area contributed by atoms with E-state index in [1.165, 1.54) is 0 Å². The van der Waals surface area contributed by atoms with E-state index in [2.05, 4.69) is 6.07 Å². The molecule has 1 N–H and O–H groups in total. The number of carboxylic acids is 1. The number of hydrogen-bond donors (Lipinski definition) is 1. The van der Waals surface area contributed by atoms with Gasteiger partial charge in [0.15, 0.2) is 0 Å². The zero-order valence-electron chi connectivity index (χ0n) is 9.02. The number of nitriles is 1. The average Bonchev–Trinajstić information content (AvgIpc) is 2.21. The van der Waals surface area contributed by atoms with Crippen molar-refractivity contribution in [1.82, 2.24) is 9.80 Å². The molecular formula is C10H17N3O2. The predicted molar refractivity (Wildman–Crippen MR) is 55.3 cm³/mol. The summed E-state index contributed by atoms with van der Waals surface area (Å²) in [5, 5.41) is 17.5. The maximum Gasteiger partial charge on any atom is 0.320 e. The van der Waals surface area contributed by atoms with Crippen molar-refractivity contribution in [2.45, 2.75) is 19.4 Å². The zero-order valence-corrected chi connectivity index (χ0v) is 9.02. The molecular weight excluding hydrogens is 194 g/mol. The average molecular weight is 211 g/mol. The maximum atomic E-state index is 10.9. The van der Waals surface area contributed by atoms with E-state index in [-0.39, 0.29) is 6.04 Å². The van der Waals surface area contributed by atoms with Crippen molar-refractivity contribution in [3.63, 3.8) is 0 Å². The van der Waals surface area contributed by atoms with E-state index in [4.69, 9.17) is 10.4 Å². The Balaban J connectivity index is 2.42. The smallest absolute Gasteiger partial charge is 0.320 e. The van der Waals surface area contributed by atoms with E-state index in [1.54, 1.807) is 0 Å². The van der Waals surface area contributed by atoms with Crippen molar-refractivity contribution < 1.29 is 9.90 Å². The zero-order chi connectivity index (χ0) is 11.3. The number of hydrogen-bond acceptors (Lipinski definition) is 4. The van der Waals surface area contributed by atoms with Gasteiger partial charge in [-0.25, -0.2) is 0 Å². The molecule has 0 radical (unpaired) electrons. The minimum absolute atomic E-state index is 0.366. The van der Waals surface area contributed by atoms with Gasteiger partial charge >= 0.3 is 5.97 Å². The highest BCUT2D eigenvalue weighted by molar-refractivity contribution is 5.73. The van der Waals surface area contributed by atoms with Crippen LogP contribution in [0.25, 0.3) is 0 Å². The summed E-state index contributed by atoms with van der Waals surface area (Å²) in [5.74, 6) is -0.744. The highest BCUT2D eigenvalue weighted by atomic mass is 16.4. The second-order valence-corrected chi connectivity index (χ2v) is 3.73. The third kappa shape index (κ3) is 3.18. The molecule has 1 unspecified atom stereocenters. The van der Waals surface area contributed by atoms with Gasteiger partial charge in [0.1, 0.15) is 6.04 Å². The van der Waals surface area contributed by atoms with E-state index >= 15 is 0 Å². The van der Waals surface area contributed by atoms with Gasteiger partial charge in [-0.05, 0) is 6.42 Å². The molecule has 0 aliphatic carbocycles. The standard InChI is InChI=1S/C10H17N3O2/c1-2-9(10(14)15)13-7-5-12(4-3-11)6-8-13/h9H,2,4-8H2,1H3,(H,14,15). The second-order valence-electron chi connectivity index (χ2n) is 3.73. The Hall–Kier alpha value is -1.12. The number of carboxylic acid groups (broad SMARTS) is 1. The Morgan fingerprint density at radius 3 is 2.47 bits per heavy atom. The van der Waals surface area contributed by atoms with Gasteiger partial charge < -0.3 is 5.11 Å². The summed E-state index contributed by atoms with van der Waals surface area (Å²) in [4.78, 5) is 15.0. The van der Waals surface area contributed by atoms with Crippen LogP contribution in [0.2, 0.25) is 0 Å². The van der Waals surface area contributed by atoms with Crippen molar-refractivity contribution in [2.75, 3.05) is 32.7 Å². The van der Waals surface area contributed by atoms with Crippen molar-refractivity contribution in [1.29, 1.82) is 5.26 Å². The first-order chi connectivity index (χ1) is 7.19. The molecule has 15 heavy (non-hydrogen) atoms. The van der Waals surface area contributed by atoms with Crippen molar-refractivity contribution in [3.05, 3.63) is 0 Å². The van der Waals surface area contributed by atoms with Crippen molar-refractivity contribution in [3.8, 4) is 6.07 Å². The molecule has 0 saturated carbocycles. The molecule has 0 aromatic carbocycles. The molecule has 1 fully saturated rings. The summed E-state index contributed by atoms with van der Waals surface area (Å²) < 4.78 is 0. The predicted octanol–water partition coefficient (Wildman–Crippen LogP) is -0.00922. The van der Waals surface area contributed by atoms with Crippen molar-refractivity contribution >= 4 is 5.97 Å². The van der Waals surface area contributed by atoms with Crippen LogP contribution in [0.4, 0.5) is 0 Å². The fourth-order valence-electron chi connectivity index (χ4n) is 1.92. The molecule has 1 aliphatic heterocycles. The molecule has 1 rings (SSSR count). The van der Waals surface area contributed by atoms with Gasteiger partial charge in [-0.15, -0.1) is 0 Å². The highest BCUT2D eigenvalue weighted by Gasteiger charge is 2.26. The van der Waals surface area contributed by atoms with Crippen LogP contribution in [-0.2, 0) is 4.79 Å². The molecule has 84 valence electrons. The summed E-state index contributed by atoms with van der Waals surface area (Å²) in [6.45, 7) is 5.39. The van der Waals surface area contributed by atoms with Crippen molar-refractivity contribution in [2.24, 2.45) is 0 Å². The number of nitrogens with zero attached hydrogens (tertiary/aromatic N) is 3. The monoisotopic (exact) mass is 211 g/mol. The summed E-state index contributed by atoms with van der Waals surface area (Å²) in [6.07, 6.45) is 0.633. The molecule has 1 atom stereocenters. The molecule has 0 bridgehead atoms. The Kier molecular flexibility index (Phi) is 4.53. The number of rotatable bonds is 4. The van der Waals surface area contributed by atoms with Gasteiger partial charge in [-0.3, -0.25) is 14.6 Å². The van der Waals surface area contributed by atoms with Gasteiger partial charge in [-0.1, -0.05) is 6.92 Å². The van der Waals surface area contributed by atoms with E-state index in [0.29, 0.717) is 13.0 Å². The summed E-state index contributed by atoms with van der Waals surface area (Å²) >= 11 is 0. The van der Waals surface area contributed by atoms with Crippen LogP contribution in [0.5, 0.6) is 0 Å². The molecule has 1 heterocycles. The Bertz CT molecular complexity index is 254. The highest BCUT2D eigenvalue weighted by Crippen LogP contribution is 2.09. The van der Waals surface area contributed by atoms with Gasteiger partial charge in [-0.2, -0.15) is 5.26 Å². The first kappa shape index (κ1) is 12.0. The normalized spacial score (nSPS) is 20.8. The lowest BCUT2D eigenvalue weighted by Crippen LogP contribution is -2.52. The summed E-state index contributed by atoms with van der Waals surface area (Å²) in [5.41, 5.74) is 0. The topological polar surface area (TPSA) is 67.6 Å². The van der Waals surface area contributed by atoms with Crippen LogP contribution >= 0.6 is 0 Å². The number of aliphatic carboxylic acids is 1. The summed E-state index contributed by atoms with van der Waals surface area (Å²) in [6, 6.07) is 1.74. The number of piperazine rings is 1. The van der Waals surface area contributed by atoms with E-state index in [0.717, 1.165) is 26.2 Å². The second kappa shape index (κ2) is 5.69. The maximum absolute atomic E-state index is 10.9. The first-order valence-corrected chi connectivity index (χ1v) is 5.25. The molecule has 0 aromatic heterocycles. The summed E-state index contributed by atoms with van der Waals surface area (Å²) in [7, 11) is 0. The van der Waals surface area contributed by atoms with Crippen LogP contribution in [0.3, 0.4) is 0 Å². The SMILES string of the molecule is CCC(C(=O)O)N1CCN(CC#N)CC1. The molecule has 0 aromatic rings. The largest absolute Gasteiger partial charge is 0.480 e. The third-order valence-corrected chi connectivity index (χ3v) is 2.81. The Labute approximate surface area is 89.9 Å². The van der Waals surface area contributed by atoms with Crippen LogP contribution < -0.4 is 0 Å². The molecule has 0 spiro atoms. The molecule has 5 nitrogen and oxygen atoms in total. The number of carbonyl (C=O) groups is 1. The third-order valence-electron chi connectivity index (χ3n) is 2.81. The van der Waals surface area contributed by atoms with Gasteiger partial charge in [0.2, 0.25) is 0 Å². The van der Waals surface area contributed by atoms with E-state index in [9.17, 15) is 4.79 Å². The van der Waals surface area contributed by atoms with E-state index < -0.39 is 5.97 Å². The minimum atomic E-state index is -0.744. The molecule has 5 heteroatoms. The van der Waals surface area contributed by atoms with Gasteiger partial charge in [0.05, 0.1) is 12.6 Å². The lowest BCUT2D eigenvalue weighted by atomic mass is 10.1. The lowest BCUT2D eigenvalue weighted by molar-refractivity contribution is -0.144. The molecule has 1 aliphatic rings. The van der Waals surface area contributed by atoms with Crippen LogP contribution in [0.1, 0.15) is 13.3 Å². The van der Waals surface area contributed by atoms with Crippen LogP contribution in [0.15, 0.2) is 0 Å². The lowest BCUT2D eigenvalue weighted by Gasteiger charge is -2.36. The van der Waals surface area contributed by atoms with E-state index in [1.807, 2.05) is 16.7 Å². The fourth-order valence-corrected chi connectivity index (χ4v) is 1.92. The molecule has 0 amide bonds. The first-order valence-electron chi connectivity index (χ1n) is 5.25. The fraction of sp³-hybridized carbons (Fsp3) is 0.800. The Morgan fingerprint density at radius 2 is 2.07 bits per heavy atom. The van der Waals surface area contributed by atoms with Gasteiger partial charge in [0.25, 0.3) is 0 Å². The van der Waals surface area contributed by atoms with Crippen LogP contribution in [-0.4, -0.2) is 59.6 Å². The molecule has 1 saturated heterocycles. The van der Waals surface area contributed by atoms with Crippen LogP contribution in [0, 0.1) is 11.3 Å². The minimum Gasteiger partial charge on any atom is -0.480 e. The van der Waals surface area contributed by atoms with Gasteiger partial charge in [0, 0.05) is 26.2 Å². The quantitative estimate of drug-likeness (QED) is 0.662.